The first kappa shape index (κ1) is 11.5. The van der Waals surface area contributed by atoms with Crippen molar-refractivity contribution in [2.45, 2.75) is 12.5 Å². The predicted octanol–water partition coefficient (Wildman–Crippen LogP) is 1.13. The smallest absolute Gasteiger partial charge is 0.320 e. The zero-order valence-electron chi connectivity index (χ0n) is 9.43. The molecule has 1 aromatic heterocycles. The molecule has 0 aliphatic heterocycles. The van der Waals surface area contributed by atoms with Crippen LogP contribution in [0.1, 0.15) is 5.56 Å². The molecule has 0 saturated carbocycles. The monoisotopic (exact) mass is 234 g/mol. The van der Waals surface area contributed by atoms with Crippen molar-refractivity contribution in [2.75, 3.05) is 7.11 Å². The normalized spacial score (nSPS) is 12.6. The first-order valence-corrected chi connectivity index (χ1v) is 5.25. The Bertz CT molecular complexity index is 548. The highest BCUT2D eigenvalue weighted by atomic mass is 16.5. The number of aliphatic carboxylic acids is 1. The average molecular weight is 234 g/mol. The number of benzene rings is 1. The van der Waals surface area contributed by atoms with Gasteiger partial charge in [-0.2, -0.15) is 0 Å². The molecule has 1 aromatic carbocycles. The molecule has 0 amide bonds. The summed E-state index contributed by atoms with van der Waals surface area (Å²) in [5.74, 6) is -0.264. The Labute approximate surface area is 98.2 Å². The number of methoxy groups -OCH3 is 1. The lowest BCUT2D eigenvalue weighted by molar-refractivity contribution is -0.138. The molecule has 5 heteroatoms. The zero-order valence-corrected chi connectivity index (χ0v) is 9.43. The molecule has 0 spiro atoms. The van der Waals surface area contributed by atoms with Crippen LogP contribution in [-0.4, -0.2) is 29.2 Å². The van der Waals surface area contributed by atoms with Gasteiger partial charge in [-0.05, 0) is 11.6 Å². The number of fused-ring (bicyclic) bond motifs is 1. The Hall–Kier alpha value is -2.01. The number of nitrogens with one attached hydrogen (secondary N) is 1. The largest absolute Gasteiger partial charge is 0.495 e. The molecule has 4 N–H and O–H groups in total. The third-order valence-corrected chi connectivity index (χ3v) is 2.74. The van der Waals surface area contributed by atoms with Gasteiger partial charge in [-0.1, -0.05) is 12.1 Å². The Morgan fingerprint density at radius 2 is 2.35 bits per heavy atom. The van der Waals surface area contributed by atoms with E-state index in [4.69, 9.17) is 15.6 Å². The second-order valence-electron chi connectivity index (χ2n) is 3.85. The quantitative estimate of drug-likeness (QED) is 0.740. The Kier molecular flexibility index (Phi) is 3.01. The van der Waals surface area contributed by atoms with Gasteiger partial charge in [0.05, 0.1) is 12.6 Å². The summed E-state index contributed by atoms with van der Waals surface area (Å²) >= 11 is 0. The number of aromatic nitrogens is 1. The molecule has 1 atom stereocenters. The Balaban J connectivity index is 2.40. The van der Waals surface area contributed by atoms with Gasteiger partial charge in [-0.25, -0.2) is 0 Å². The van der Waals surface area contributed by atoms with Crippen molar-refractivity contribution in [3.05, 3.63) is 30.0 Å². The molecular formula is C12H14N2O3. The summed E-state index contributed by atoms with van der Waals surface area (Å²) in [5, 5.41) is 9.74. The summed E-state index contributed by atoms with van der Waals surface area (Å²) in [6.45, 7) is 0. The molecule has 17 heavy (non-hydrogen) atoms. The van der Waals surface area contributed by atoms with Crippen molar-refractivity contribution in [1.82, 2.24) is 4.98 Å². The molecule has 5 nitrogen and oxygen atoms in total. The predicted molar refractivity (Wildman–Crippen MR) is 64.2 cm³/mol. The SMILES string of the molecule is COc1cccc2c(C[C@H](N)C(=O)O)c[nH]c12. The molecule has 90 valence electrons. The molecule has 0 saturated heterocycles. The first-order valence-electron chi connectivity index (χ1n) is 5.25. The minimum Gasteiger partial charge on any atom is -0.495 e. The molecule has 0 aliphatic rings. The van der Waals surface area contributed by atoms with Crippen LogP contribution in [0.4, 0.5) is 0 Å². The minimum atomic E-state index is -0.998. The van der Waals surface area contributed by atoms with Gasteiger partial charge in [0.2, 0.25) is 0 Å². The van der Waals surface area contributed by atoms with E-state index in [9.17, 15) is 4.79 Å². The highest BCUT2D eigenvalue weighted by molar-refractivity contribution is 5.89. The lowest BCUT2D eigenvalue weighted by Gasteiger charge is -2.05. The lowest BCUT2D eigenvalue weighted by atomic mass is 10.1. The van der Waals surface area contributed by atoms with E-state index in [0.717, 1.165) is 22.2 Å². The maximum atomic E-state index is 10.7. The van der Waals surface area contributed by atoms with Gasteiger partial charge in [0.15, 0.2) is 0 Å². The highest BCUT2D eigenvalue weighted by Crippen LogP contribution is 2.27. The van der Waals surface area contributed by atoms with Crippen LogP contribution in [0.15, 0.2) is 24.4 Å². The number of carbonyl (C=O) groups is 1. The second kappa shape index (κ2) is 4.47. The van der Waals surface area contributed by atoms with Crippen LogP contribution < -0.4 is 10.5 Å². The van der Waals surface area contributed by atoms with Crippen molar-refractivity contribution in [3.8, 4) is 5.75 Å². The maximum absolute atomic E-state index is 10.7. The third-order valence-electron chi connectivity index (χ3n) is 2.74. The molecule has 0 unspecified atom stereocenters. The first-order chi connectivity index (χ1) is 8.13. The summed E-state index contributed by atoms with van der Waals surface area (Å²) in [5.41, 5.74) is 7.27. The van der Waals surface area contributed by atoms with Crippen molar-refractivity contribution < 1.29 is 14.6 Å². The summed E-state index contributed by atoms with van der Waals surface area (Å²) in [7, 11) is 1.60. The van der Waals surface area contributed by atoms with E-state index >= 15 is 0 Å². The van der Waals surface area contributed by atoms with Crippen LogP contribution in [-0.2, 0) is 11.2 Å². The van der Waals surface area contributed by atoms with E-state index in [-0.39, 0.29) is 0 Å². The molecule has 0 aliphatic carbocycles. The van der Waals surface area contributed by atoms with Crippen LogP contribution in [0, 0.1) is 0 Å². The Morgan fingerprint density at radius 1 is 1.59 bits per heavy atom. The fraction of sp³-hybridized carbons (Fsp3) is 0.250. The van der Waals surface area contributed by atoms with Gasteiger partial charge in [0.25, 0.3) is 0 Å². The number of ether oxygens (including phenoxy) is 1. The summed E-state index contributed by atoms with van der Waals surface area (Å²) < 4.78 is 5.21. The molecule has 2 aromatic rings. The van der Waals surface area contributed by atoms with Gasteiger partial charge in [-0.3, -0.25) is 4.79 Å². The van der Waals surface area contributed by atoms with Gasteiger partial charge >= 0.3 is 5.97 Å². The molecule has 0 fully saturated rings. The standard InChI is InChI=1S/C12H14N2O3/c1-17-10-4-2-3-8-7(6-14-11(8)10)5-9(13)12(15)16/h2-4,6,9,14H,5,13H2,1H3,(H,15,16)/t9-/m0/s1. The van der Waals surface area contributed by atoms with Crippen molar-refractivity contribution in [2.24, 2.45) is 5.73 Å². The van der Waals surface area contributed by atoms with Gasteiger partial charge in [0, 0.05) is 18.0 Å². The topological polar surface area (TPSA) is 88.3 Å². The lowest BCUT2D eigenvalue weighted by Crippen LogP contribution is -2.32. The van der Waals surface area contributed by atoms with Gasteiger partial charge < -0.3 is 20.6 Å². The van der Waals surface area contributed by atoms with Gasteiger partial charge in [0.1, 0.15) is 11.8 Å². The maximum Gasteiger partial charge on any atom is 0.320 e. The number of nitrogens with two attached hydrogens (primary N) is 1. The second-order valence-corrected chi connectivity index (χ2v) is 3.85. The number of carboxylic acids is 1. The van der Waals surface area contributed by atoms with Crippen molar-refractivity contribution in [1.29, 1.82) is 0 Å². The van der Waals surface area contributed by atoms with Crippen LogP contribution in [0.3, 0.4) is 0 Å². The molecule has 0 radical (unpaired) electrons. The number of hydrogen-bond acceptors (Lipinski definition) is 3. The molecular weight excluding hydrogens is 220 g/mol. The van der Waals surface area contributed by atoms with E-state index in [1.165, 1.54) is 0 Å². The van der Waals surface area contributed by atoms with E-state index < -0.39 is 12.0 Å². The van der Waals surface area contributed by atoms with Crippen LogP contribution in [0.2, 0.25) is 0 Å². The molecule has 2 rings (SSSR count). The number of para-hydroxylation sites is 1. The van der Waals surface area contributed by atoms with E-state index in [1.807, 2.05) is 18.2 Å². The number of carboxylic acid groups (broad SMARTS) is 1. The zero-order chi connectivity index (χ0) is 12.4. The highest BCUT2D eigenvalue weighted by Gasteiger charge is 2.15. The van der Waals surface area contributed by atoms with Crippen LogP contribution in [0.5, 0.6) is 5.75 Å². The van der Waals surface area contributed by atoms with Crippen molar-refractivity contribution in [3.63, 3.8) is 0 Å². The van der Waals surface area contributed by atoms with Gasteiger partial charge in [-0.15, -0.1) is 0 Å². The average Bonchev–Trinajstić information content (AvgIpc) is 2.72. The minimum absolute atomic E-state index is 0.294. The fourth-order valence-electron chi connectivity index (χ4n) is 1.85. The summed E-state index contributed by atoms with van der Waals surface area (Å²) in [6.07, 6.45) is 2.07. The number of hydrogen-bond donors (Lipinski definition) is 3. The van der Waals surface area contributed by atoms with E-state index in [0.29, 0.717) is 6.42 Å². The summed E-state index contributed by atoms with van der Waals surface area (Å²) in [6, 6.07) is 4.74. The third kappa shape index (κ3) is 2.09. The number of rotatable bonds is 4. The fourth-order valence-corrected chi connectivity index (χ4v) is 1.85. The molecule has 1 heterocycles. The van der Waals surface area contributed by atoms with E-state index in [1.54, 1.807) is 13.3 Å². The van der Waals surface area contributed by atoms with Crippen LogP contribution >= 0.6 is 0 Å². The number of aromatic amines is 1. The Morgan fingerprint density at radius 3 is 3.00 bits per heavy atom. The molecule has 0 bridgehead atoms. The van der Waals surface area contributed by atoms with E-state index in [2.05, 4.69) is 4.98 Å². The van der Waals surface area contributed by atoms with Crippen molar-refractivity contribution >= 4 is 16.9 Å². The number of H-pyrrole nitrogens is 1. The van der Waals surface area contributed by atoms with Crippen LogP contribution in [0.25, 0.3) is 10.9 Å². The summed E-state index contributed by atoms with van der Waals surface area (Å²) in [4.78, 5) is 13.8.